The first-order valence-corrected chi connectivity index (χ1v) is 10.9. The highest BCUT2D eigenvalue weighted by molar-refractivity contribution is 5.84. The Balaban J connectivity index is 1.36. The van der Waals surface area contributed by atoms with Crippen molar-refractivity contribution in [2.75, 3.05) is 38.7 Å². The smallest absolute Gasteiger partial charge is 0.180 e. The summed E-state index contributed by atoms with van der Waals surface area (Å²) < 4.78 is 13.9. The van der Waals surface area contributed by atoms with Gasteiger partial charge in [0.2, 0.25) is 0 Å². The Morgan fingerprint density at radius 1 is 1.03 bits per heavy atom. The van der Waals surface area contributed by atoms with E-state index in [1.54, 1.807) is 6.20 Å². The average molecular weight is 441 g/mol. The first-order chi connectivity index (χ1) is 16.2. The van der Waals surface area contributed by atoms with Crippen molar-refractivity contribution in [2.24, 2.45) is 0 Å². The maximum absolute atomic E-state index is 6.00. The molecule has 0 spiro atoms. The Morgan fingerprint density at radius 2 is 1.91 bits per heavy atom. The van der Waals surface area contributed by atoms with E-state index >= 15 is 0 Å². The third-order valence-corrected chi connectivity index (χ3v) is 5.78. The molecular weight excluding hydrogens is 418 g/mol. The summed E-state index contributed by atoms with van der Waals surface area (Å²) in [5, 5.41) is 11.6. The minimum Gasteiger partial charge on any atom is -0.488 e. The molecule has 9 heteroatoms. The molecule has 1 aliphatic rings. The van der Waals surface area contributed by atoms with Gasteiger partial charge in [-0.25, -0.2) is 9.97 Å². The van der Waals surface area contributed by atoms with Gasteiger partial charge in [0, 0.05) is 54.4 Å². The lowest BCUT2D eigenvalue weighted by atomic mass is 10.1. The van der Waals surface area contributed by atoms with Gasteiger partial charge in [-0.05, 0) is 25.2 Å². The topological polar surface area (TPSA) is 92.6 Å². The highest BCUT2D eigenvalue weighted by atomic mass is 16.5. The summed E-state index contributed by atoms with van der Waals surface area (Å²) in [5.74, 6) is 2.12. The lowest BCUT2D eigenvalue weighted by molar-refractivity contribution is 0.228. The van der Waals surface area contributed by atoms with Gasteiger partial charge < -0.3 is 19.2 Å². The molecular formula is C24H23N7O2. The van der Waals surface area contributed by atoms with Crippen LogP contribution < -0.4 is 14.8 Å². The molecule has 5 aromatic rings. The second kappa shape index (κ2) is 8.10. The zero-order valence-electron chi connectivity index (χ0n) is 18.2. The predicted octanol–water partition coefficient (Wildman–Crippen LogP) is 3.72. The normalized spacial score (nSPS) is 14.7. The van der Waals surface area contributed by atoms with Gasteiger partial charge in [-0.3, -0.25) is 10.00 Å². The monoisotopic (exact) mass is 441 g/mol. The summed E-state index contributed by atoms with van der Waals surface area (Å²) in [6.45, 7) is 2.93. The van der Waals surface area contributed by atoms with Crippen molar-refractivity contribution in [1.29, 1.82) is 0 Å². The lowest BCUT2D eigenvalue weighted by Crippen LogP contribution is -2.27. The van der Waals surface area contributed by atoms with Gasteiger partial charge in [0.1, 0.15) is 13.2 Å². The number of imidazole rings is 1. The minimum atomic E-state index is 0.602. The van der Waals surface area contributed by atoms with E-state index in [2.05, 4.69) is 32.4 Å². The van der Waals surface area contributed by atoms with Crippen molar-refractivity contribution >= 4 is 28.1 Å². The molecule has 2 N–H and O–H groups in total. The molecule has 0 amide bonds. The molecule has 0 saturated heterocycles. The molecule has 0 saturated carbocycles. The summed E-state index contributed by atoms with van der Waals surface area (Å²) in [6, 6.07) is 12.0. The molecule has 33 heavy (non-hydrogen) atoms. The van der Waals surface area contributed by atoms with Crippen molar-refractivity contribution in [1.82, 2.24) is 29.5 Å². The number of nitrogens with zero attached hydrogens (tertiary/aromatic N) is 5. The fourth-order valence-electron chi connectivity index (χ4n) is 3.94. The number of hydrogen-bond acceptors (Lipinski definition) is 7. The first kappa shape index (κ1) is 19.6. The van der Waals surface area contributed by atoms with E-state index in [4.69, 9.17) is 14.5 Å². The second-order valence-corrected chi connectivity index (χ2v) is 8.09. The molecule has 0 radical (unpaired) electrons. The van der Waals surface area contributed by atoms with Gasteiger partial charge in [-0.15, -0.1) is 0 Å². The molecule has 9 nitrogen and oxygen atoms in total. The second-order valence-electron chi connectivity index (χ2n) is 8.09. The van der Waals surface area contributed by atoms with Crippen molar-refractivity contribution in [3.05, 3.63) is 61.2 Å². The van der Waals surface area contributed by atoms with Crippen LogP contribution >= 0.6 is 0 Å². The highest BCUT2D eigenvalue weighted by Gasteiger charge is 2.14. The molecule has 0 atom stereocenters. The van der Waals surface area contributed by atoms with Crippen molar-refractivity contribution in [3.63, 3.8) is 0 Å². The maximum Gasteiger partial charge on any atom is 0.180 e. The Kier molecular flexibility index (Phi) is 4.80. The van der Waals surface area contributed by atoms with Gasteiger partial charge in [0.05, 0.1) is 17.4 Å². The van der Waals surface area contributed by atoms with E-state index in [0.717, 1.165) is 58.1 Å². The predicted molar refractivity (Wildman–Crippen MR) is 126 cm³/mol. The van der Waals surface area contributed by atoms with Gasteiger partial charge in [-0.2, -0.15) is 5.10 Å². The van der Waals surface area contributed by atoms with Crippen LogP contribution in [-0.2, 0) is 0 Å². The Bertz CT molecular complexity index is 1440. The van der Waals surface area contributed by atoms with E-state index < -0.39 is 0 Å². The van der Waals surface area contributed by atoms with Gasteiger partial charge in [-0.1, -0.05) is 12.1 Å². The highest BCUT2D eigenvalue weighted by Crippen LogP contribution is 2.33. The standard InChI is InChI=1S/C24H23N7O2/c1-30-8-10-32-21-5-4-18(13-22(21)33-11-9-30)27-23-24-25-6-7-31(24)15-20(28-23)16-2-3-17-14-26-29-19(17)12-16/h2-7,12-15H,8-11H2,1H3,(H,26,29)(H,27,28). The Labute approximate surface area is 190 Å². The van der Waals surface area contributed by atoms with E-state index in [1.165, 1.54) is 0 Å². The molecule has 1 aliphatic heterocycles. The van der Waals surface area contributed by atoms with Gasteiger partial charge >= 0.3 is 0 Å². The molecule has 0 unspecified atom stereocenters. The molecule has 6 rings (SSSR count). The summed E-state index contributed by atoms with van der Waals surface area (Å²) in [6.07, 6.45) is 7.46. The van der Waals surface area contributed by atoms with Crippen LogP contribution in [0.3, 0.4) is 0 Å². The number of ether oxygens (including phenoxy) is 2. The number of nitrogens with one attached hydrogen (secondary N) is 2. The average Bonchev–Trinajstić information content (AvgIpc) is 3.50. The van der Waals surface area contributed by atoms with Crippen LogP contribution in [0.15, 0.2) is 61.2 Å². The number of benzene rings is 2. The molecule has 3 aromatic heterocycles. The van der Waals surface area contributed by atoms with Crippen LogP contribution in [0.2, 0.25) is 0 Å². The fourth-order valence-corrected chi connectivity index (χ4v) is 3.94. The lowest BCUT2D eigenvalue weighted by Gasteiger charge is -2.14. The number of aromatic nitrogens is 5. The number of fused-ring (bicyclic) bond motifs is 3. The number of anilines is 2. The van der Waals surface area contributed by atoms with Crippen LogP contribution in [0.25, 0.3) is 27.8 Å². The SMILES string of the molecule is CN1CCOc2ccc(Nc3nc(-c4ccc5cn[nH]c5c4)cn4ccnc34)cc2OCC1. The Morgan fingerprint density at radius 3 is 2.82 bits per heavy atom. The van der Waals surface area contributed by atoms with Gasteiger partial charge in [0.25, 0.3) is 0 Å². The van der Waals surface area contributed by atoms with Crippen LogP contribution in [0.1, 0.15) is 0 Å². The summed E-state index contributed by atoms with van der Waals surface area (Å²) >= 11 is 0. The molecule has 0 bridgehead atoms. The minimum absolute atomic E-state index is 0.602. The molecule has 4 heterocycles. The molecule has 0 fully saturated rings. The molecule has 2 aromatic carbocycles. The number of H-pyrrole nitrogens is 1. The zero-order valence-corrected chi connectivity index (χ0v) is 18.2. The first-order valence-electron chi connectivity index (χ1n) is 10.9. The van der Waals surface area contributed by atoms with E-state index in [9.17, 15) is 0 Å². The van der Waals surface area contributed by atoms with E-state index in [0.29, 0.717) is 19.0 Å². The summed E-state index contributed by atoms with van der Waals surface area (Å²) in [7, 11) is 2.06. The largest absolute Gasteiger partial charge is 0.488 e. The van der Waals surface area contributed by atoms with Crippen molar-refractivity contribution in [2.45, 2.75) is 0 Å². The molecule has 0 aliphatic carbocycles. The molecule has 166 valence electrons. The summed E-state index contributed by atoms with van der Waals surface area (Å²) in [4.78, 5) is 11.6. The zero-order chi connectivity index (χ0) is 22.2. The quantitative estimate of drug-likeness (QED) is 0.441. The van der Waals surface area contributed by atoms with Gasteiger partial charge in [0.15, 0.2) is 23.0 Å². The maximum atomic E-state index is 6.00. The summed E-state index contributed by atoms with van der Waals surface area (Å²) in [5.41, 5.74) is 4.37. The van der Waals surface area contributed by atoms with Crippen molar-refractivity contribution in [3.8, 4) is 22.8 Å². The third kappa shape index (κ3) is 3.83. The Hall–Kier alpha value is -4.11. The van der Waals surface area contributed by atoms with Crippen molar-refractivity contribution < 1.29 is 9.47 Å². The number of hydrogen-bond donors (Lipinski definition) is 2. The van der Waals surface area contributed by atoms with Crippen LogP contribution in [0.5, 0.6) is 11.5 Å². The van der Waals surface area contributed by atoms with Crippen LogP contribution in [-0.4, -0.2) is 62.8 Å². The number of rotatable bonds is 3. The van der Waals surface area contributed by atoms with E-state index in [-0.39, 0.29) is 0 Å². The van der Waals surface area contributed by atoms with E-state index in [1.807, 2.05) is 59.4 Å². The fraction of sp³-hybridized carbons (Fsp3) is 0.208. The van der Waals surface area contributed by atoms with Crippen LogP contribution in [0.4, 0.5) is 11.5 Å². The number of aromatic amines is 1. The third-order valence-electron chi connectivity index (χ3n) is 5.78. The van der Waals surface area contributed by atoms with Crippen LogP contribution in [0, 0.1) is 0 Å². The number of likely N-dealkylation sites (N-methyl/N-ethyl adjacent to an activating group) is 1.